The second kappa shape index (κ2) is 8.30. The van der Waals surface area contributed by atoms with Crippen LogP contribution in [0.25, 0.3) is 5.65 Å². The number of carbonyl (C=O) groups excluding carboxylic acids is 1. The largest absolute Gasteiger partial charge is 0.375 e. The molecule has 4 rings (SSSR count). The number of pyridine rings is 1. The maximum absolute atomic E-state index is 11.9. The van der Waals surface area contributed by atoms with E-state index in [1.54, 1.807) is 6.20 Å². The zero-order chi connectivity index (χ0) is 19.5. The summed E-state index contributed by atoms with van der Waals surface area (Å²) < 4.78 is 6.84. The van der Waals surface area contributed by atoms with Gasteiger partial charge in [0.2, 0.25) is 5.91 Å². The van der Waals surface area contributed by atoms with Crippen molar-refractivity contribution in [1.82, 2.24) is 24.5 Å². The van der Waals surface area contributed by atoms with Crippen LogP contribution in [0.4, 0.5) is 5.69 Å². The molecular weight excluding hydrogens is 380 g/mol. The minimum absolute atomic E-state index is 0.0271. The Kier molecular flexibility index (Phi) is 5.61. The summed E-state index contributed by atoms with van der Waals surface area (Å²) in [6.07, 6.45) is 7.68. The molecule has 1 atom stereocenters. The van der Waals surface area contributed by atoms with Gasteiger partial charge in [-0.2, -0.15) is 5.10 Å². The normalized spacial score (nSPS) is 17.9. The van der Waals surface area contributed by atoms with E-state index >= 15 is 0 Å². The molecule has 0 aromatic carbocycles. The minimum atomic E-state index is -0.179. The summed E-state index contributed by atoms with van der Waals surface area (Å²) >= 11 is 6.06. The number of fused-ring (bicyclic) bond motifs is 1. The predicted octanol–water partition coefficient (Wildman–Crippen LogP) is 2.68. The number of ether oxygens (including phenoxy) is 1. The number of anilines is 1. The fraction of sp³-hybridized carbons (Fsp3) is 0.421. The Morgan fingerprint density at radius 3 is 3.18 bits per heavy atom. The summed E-state index contributed by atoms with van der Waals surface area (Å²) in [5.41, 5.74) is 3.61. The molecule has 1 amide bonds. The van der Waals surface area contributed by atoms with E-state index in [1.807, 2.05) is 28.9 Å². The summed E-state index contributed by atoms with van der Waals surface area (Å²) in [5.74, 6) is 0.0988. The van der Waals surface area contributed by atoms with Crippen LogP contribution in [0.2, 0.25) is 5.02 Å². The number of hydrogen-bond donors (Lipinski definition) is 2. The summed E-state index contributed by atoms with van der Waals surface area (Å²) in [7, 11) is 1.50. The third kappa shape index (κ3) is 4.19. The molecular formula is C19H23ClN6O2. The molecule has 1 aliphatic rings. The number of nitrogens with one attached hydrogen (secondary N) is 2. The molecule has 3 aromatic heterocycles. The van der Waals surface area contributed by atoms with E-state index in [0.29, 0.717) is 5.02 Å². The number of piperidine rings is 1. The van der Waals surface area contributed by atoms with E-state index in [4.69, 9.17) is 16.3 Å². The maximum atomic E-state index is 11.9. The van der Waals surface area contributed by atoms with Crippen LogP contribution in [-0.4, -0.2) is 57.2 Å². The number of imidazole rings is 1. The fourth-order valence-electron chi connectivity index (χ4n) is 3.78. The Balaban J connectivity index is 1.44. The number of aromatic amines is 1. The molecule has 2 N–H and O–H groups in total. The summed E-state index contributed by atoms with van der Waals surface area (Å²) in [6, 6.07) is 3.77. The maximum Gasteiger partial charge on any atom is 0.250 e. The molecule has 1 aliphatic heterocycles. The van der Waals surface area contributed by atoms with Crippen molar-refractivity contribution in [3.05, 3.63) is 47.1 Å². The highest BCUT2D eigenvalue weighted by atomic mass is 35.5. The smallest absolute Gasteiger partial charge is 0.250 e. The standard InChI is InChI=1S/C19H23ClN6O2/c1-28-12-18(27)23-16-7-21-24-19(16)13-3-2-6-25(8-13)10-15-11-26-9-14(20)4-5-17(26)22-15/h4-5,7,9,11,13H,2-3,6,8,10,12H2,1H3,(H,21,24)(H,23,27). The van der Waals surface area contributed by atoms with Crippen molar-refractivity contribution in [3.8, 4) is 0 Å². The van der Waals surface area contributed by atoms with E-state index in [-0.39, 0.29) is 18.4 Å². The van der Waals surface area contributed by atoms with Gasteiger partial charge in [-0.3, -0.25) is 14.8 Å². The molecule has 9 heteroatoms. The van der Waals surface area contributed by atoms with Crippen molar-refractivity contribution in [2.24, 2.45) is 0 Å². The van der Waals surface area contributed by atoms with Crippen LogP contribution >= 0.6 is 11.6 Å². The number of methoxy groups -OCH3 is 1. The molecule has 8 nitrogen and oxygen atoms in total. The molecule has 0 aliphatic carbocycles. The lowest BCUT2D eigenvalue weighted by Crippen LogP contribution is -2.34. The van der Waals surface area contributed by atoms with Gasteiger partial charge in [0.05, 0.1) is 28.3 Å². The Hall–Kier alpha value is -2.42. The van der Waals surface area contributed by atoms with Gasteiger partial charge in [-0.15, -0.1) is 0 Å². The van der Waals surface area contributed by atoms with Crippen molar-refractivity contribution in [1.29, 1.82) is 0 Å². The molecule has 148 valence electrons. The van der Waals surface area contributed by atoms with Crippen LogP contribution in [0.15, 0.2) is 30.7 Å². The second-order valence-corrected chi connectivity index (χ2v) is 7.53. The van der Waals surface area contributed by atoms with Gasteiger partial charge in [0.1, 0.15) is 12.3 Å². The number of nitrogens with zero attached hydrogens (tertiary/aromatic N) is 4. The first-order chi connectivity index (χ1) is 13.6. The molecule has 1 saturated heterocycles. The van der Waals surface area contributed by atoms with Gasteiger partial charge in [-0.05, 0) is 31.5 Å². The second-order valence-electron chi connectivity index (χ2n) is 7.10. The average molecular weight is 403 g/mol. The highest BCUT2D eigenvalue weighted by Gasteiger charge is 2.25. The topological polar surface area (TPSA) is 87.5 Å². The van der Waals surface area contributed by atoms with E-state index in [1.165, 1.54) is 7.11 Å². The van der Waals surface area contributed by atoms with Crippen LogP contribution in [0.3, 0.4) is 0 Å². The van der Waals surface area contributed by atoms with Gasteiger partial charge in [0.25, 0.3) is 0 Å². The van der Waals surface area contributed by atoms with Crippen LogP contribution in [-0.2, 0) is 16.1 Å². The van der Waals surface area contributed by atoms with Crippen molar-refractivity contribution in [2.45, 2.75) is 25.3 Å². The fourth-order valence-corrected chi connectivity index (χ4v) is 3.95. The Morgan fingerprint density at radius 1 is 1.43 bits per heavy atom. The molecule has 1 unspecified atom stereocenters. The number of halogens is 1. The van der Waals surface area contributed by atoms with Crippen LogP contribution in [0.5, 0.6) is 0 Å². The first-order valence-corrected chi connectivity index (χ1v) is 9.67. The molecule has 1 fully saturated rings. The molecule has 3 aromatic rings. The third-order valence-electron chi connectivity index (χ3n) is 4.98. The van der Waals surface area contributed by atoms with Gasteiger partial charge in [0.15, 0.2) is 0 Å². The number of amides is 1. The minimum Gasteiger partial charge on any atom is -0.375 e. The highest BCUT2D eigenvalue weighted by Crippen LogP contribution is 2.31. The zero-order valence-electron chi connectivity index (χ0n) is 15.7. The molecule has 0 bridgehead atoms. The van der Waals surface area contributed by atoms with Gasteiger partial charge in [0, 0.05) is 38.5 Å². The van der Waals surface area contributed by atoms with Crippen LogP contribution in [0, 0.1) is 0 Å². The summed E-state index contributed by atoms with van der Waals surface area (Å²) in [6.45, 7) is 2.70. The lowest BCUT2D eigenvalue weighted by atomic mass is 9.94. The van der Waals surface area contributed by atoms with Crippen molar-refractivity contribution >= 4 is 28.8 Å². The van der Waals surface area contributed by atoms with Gasteiger partial charge >= 0.3 is 0 Å². The quantitative estimate of drug-likeness (QED) is 0.661. The van der Waals surface area contributed by atoms with Gasteiger partial charge in [-0.1, -0.05) is 11.6 Å². The number of H-pyrrole nitrogens is 1. The predicted molar refractivity (Wildman–Crippen MR) is 107 cm³/mol. The third-order valence-corrected chi connectivity index (χ3v) is 5.21. The number of hydrogen-bond acceptors (Lipinski definition) is 5. The van der Waals surface area contributed by atoms with Crippen LogP contribution in [0.1, 0.15) is 30.1 Å². The van der Waals surface area contributed by atoms with E-state index < -0.39 is 0 Å². The summed E-state index contributed by atoms with van der Waals surface area (Å²) in [4.78, 5) is 18.9. The Bertz CT molecular complexity index is 968. The summed E-state index contributed by atoms with van der Waals surface area (Å²) in [5, 5.41) is 10.8. The van der Waals surface area contributed by atoms with Crippen molar-refractivity contribution < 1.29 is 9.53 Å². The average Bonchev–Trinajstić information content (AvgIpc) is 3.28. The first-order valence-electron chi connectivity index (χ1n) is 9.30. The van der Waals surface area contributed by atoms with Crippen molar-refractivity contribution in [2.75, 3.05) is 32.1 Å². The number of carbonyl (C=O) groups is 1. The Labute approximate surface area is 167 Å². The lowest BCUT2D eigenvalue weighted by Gasteiger charge is -2.32. The van der Waals surface area contributed by atoms with E-state index in [9.17, 15) is 4.79 Å². The number of likely N-dealkylation sites (tertiary alicyclic amines) is 1. The van der Waals surface area contributed by atoms with Crippen LogP contribution < -0.4 is 5.32 Å². The Morgan fingerprint density at radius 2 is 2.32 bits per heavy atom. The number of aromatic nitrogens is 4. The van der Waals surface area contributed by atoms with Gasteiger partial charge < -0.3 is 14.5 Å². The molecule has 28 heavy (non-hydrogen) atoms. The SMILES string of the molecule is COCC(=O)Nc1cn[nH]c1C1CCCN(Cc2cn3cc(Cl)ccc3n2)C1. The first kappa shape index (κ1) is 18.9. The van der Waals surface area contributed by atoms with E-state index in [0.717, 1.165) is 55.2 Å². The van der Waals surface area contributed by atoms with Gasteiger partial charge in [-0.25, -0.2) is 4.98 Å². The molecule has 0 saturated carbocycles. The zero-order valence-corrected chi connectivity index (χ0v) is 16.4. The highest BCUT2D eigenvalue weighted by molar-refractivity contribution is 6.30. The molecule has 4 heterocycles. The number of rotatable bonds is 6. The van der Waals surface area contributed by atoms with E-state index in [2.05, 4.69) is 25.4 Å². The molecule has 0 radical (unpaired) electrons. The monoisotopic (exact) mass is 402 g/mol. The molecule has 0 spiro atoms. The lowest BCUT2D eigenvalue weighted by molar-refractivity contribution is -0.119. The van der Waals surface area contributed by atoms with Crippen molar-refractivity contribution in [3.63, 3.8) is 0 Å².